The first-order valence-corrected chi connectivity index (χ1v) is 7.90. The SMILES string of the molecule is Cc1ccc(NC(=O)CN2C(=O)C(C)Oc3ccccc32)c(C)c1. The number of rotatable bonds is 3. The Morgan fingerprint density at radius 1 is 1.21 bits per heavy atom. The molecule has 0 saturated carbocycles. The number of para-hydroxylation sites is 2. The van der Waals surface area contributed by atoms with Gasteiger partial charge >= 0.3 is 0 Å². The van der Waals surface area contributed by atoms with Gasteiger partial charge in [-0.25, -0.2) is 0 Å². The number of fused-ring (bicyclic) bond motifs is 1. The minimum atomic E-state index is -0.603. The van der Waals surface area contributed by atoms with Gasteiger partial charge in [-0.05, 0) is 44.5 Å². The largest absolute Gasteiger partial charge is 0.479 e. The molecule has 1 heterocycles. The quantitative estimate of drug-likeness (QED) is 0.944. The maximum absolute atomic E-state index is 12.4. The number of carbonyl (C=O) groups is 2. The van der Waals surface area contributed by atoms with Gasteiger partial charge in [-0.15, -0.1) is 0 Å². The number of nitrogens with zero attached hydrogens (tertiary/aromatic N) is 1. The van der Waals surface area contributed by atoms with Crippen molar-refractivity contribution in [1.82, 2.24) is 0 Å². The second-order valence-corrected chi connectivity index (χ2v) is 6.02. The fourth-order valence-corrected chi connectivity index (χ4v) is 2.81. The third-order valence-electron chi connectivity index (χ3n) is 4.03. The second-order valence-electron chi connectivity index (χ2n) is 6.02. The van der Waals surface area contributed by atoms with Gasteiger partial charge in [0.15, 0.2) is 6.10 Å². The van der Waals surface area contributed by atoms with Crippen molar-refractivity contribution in [3.05, 3.63) is 53.6 Å². The lowest BCUT2D eigenvalue weighted by atomic mass is 10.1. The summed E-state index contributed by atoms with van der Waals surface area (Å²) in [6.07, 6.45) is -0.603. The summed E-state index contributed by atoms with van der Waals surface area (Å²) < 4.78 is 5.58. The average Bonchev–Trinajstić information content (AvgIpc) is 2.54. The maximum Gasteiger partial charge on any atom is 0.268 e. The molecule has 1 aliphatic rings. The number of hydrogen-bond acceptors (Lipinski definition) is 3. The molecule has 0 spiro atoms. The standard InChI is InChI=1S/C19H20N2O3/c1-12-8-9-15(13(2)10-12)20-18(22)11-21-16-6-4-5-7-17(16)24-14(3)19(21)23/h4-10,14H,11H2,1-3H3,(H,20,22). The van der Waals surface area contributed by atoms with Crippen LogP contribution in [0.4, 0.5) is 11.4 Å². The van der Waals surface area contributed by atoms with Crippen LogP contribution in [-0.4, -0.2) is 24.5 Å². The maximum atomic E-state index is 12.4. The number of carbonyl (C=O) groups excluding carboxylic acids is 2. The molecule has 124 valence electrons. The lowest BCUT2D eigenvalue weighted by molar-refractivity contribution is -0.127. The smallest absolute Gasteiger partial charge is 0.268 e. The molecule has 0 saturated heterocycles. The van der Waals surface area contributed by atoms with Crippen molar-refractivity contribution < 1.29 is 14.3 Å². The summed E-state index contributed by atoms with van der Waals surface area (Å²) in [6, 6.07) is 13.1. The molecule has 5 heteroatoms. The first kappa shape index (κ1) is 16.1. The Balaban J connectivity index is 1.79. The Bertz CT molecular complexity index is 801. The second kappa shape index (κ2) is 6.35. The monoisotopic (exact) mass is 324 g/mol. The minimum absolute atomic E-state index is 0.0448. The Morgan fingerprint density at radius 3 is 2.71 bits per heavy atom. The van der Waals surface area contributed by atoms with Crippen LogP contribution in [0, 0.1) is 13.8 Å². The molecular weight excluding hydrogens is 304 g/mol. The van der Waals surface area contributed by atoms with Crippen molar-refractivity contribution in [2.45, 2.75) is 26.9 Å². The van der Waals surface area contributed by atoms with Crippen LogP contribution in [0.25, 0.3) is 0 Å². The van der Waals surface area contributed by atoms with Gasteiger partial charge in [0, 0.05) is 5.69 Å². The van der Waals surface area contributed by atoms with E-state index >= 15 is 0 Å². The summed E-state index contributed by atoms with van der Waals surface area (Å²) in [5.41, 5.74) is 3.51. The van der Waals surface area contributed by atoms with Gasteiger partial charge in [0.1, 0.15) is 12.3 Å². The molecule has 2 aromatic rings. The van der Waals surface area contributed by atoms with E-state index in [0.717, 1.165) is 16.8 Å². The van der Waals surface area contributed by atoms with E-state index in [2.05, 4.69) is 5.32 Å². The van der Waals surface area contributed by atoms with E-state index in [-0.39, 0.29) is 18.4 Å². The molecule has 1 atom stereocenters. The van der Waals surface area contributed by atoms with E-state index in [4.69, 9.17) is 4.74 Å². The number of aryl methyl sites for hydroxylation is 2. The summed E-state index contributed by atoms with van der Waals surface area (Å²) in [6.45, 7) is 5.59. The van der Waals surface area contributed by atoms with Crippen LogP contribution in [0.1, 0.15) is 18.1 Å². The highest BCUT2D eigenvalue weighted by molar-refractivity contribution is 6.06. The highest BCUT2D eigenvalue weighted by Crippen LogP contribution is 2.33. The van der Waals surface area contributed by atoms with Crippen molar-refractivity contribution in [3.8, 4) is 5.75 Å². The van der Waals surface area contributed by atoms with E-state index in [1.165, 1.54) is 4.90 Å². The summed E-state index contributed by atoms with van der Waals surface area (Å²) >= 11 is 0. The third kappa shape index (κ3) is 3.11. The molecule has 5 nitrogen and oxygen atoms in total. The summed E-state index contributed by atoms with van der Waals surface area (Å²) in [5, 5.41) is 2.88. The van der Waals surface area contributed by atoms with Crippen molar-refractivity contribution in [3.63, 3.8) is 0 Å². The molecule has 1 N–H and O–H groups in total. The van der Waals surface area contributed by atoms with Crippen LogP contribution >= 0.6 is 0 Å². The topological polar surface area (TPSA) is 58.6 Å². The Morgan fingerprint density at radius 2 is 1.96 bits per heavy atom. The van der Waals surface area contributed by atoms with Crippen molar-refractivity contribution in [2.24, 2.45) is 0 Å². The van der Waals surface area contributed by atoms with Gasteiger partial charge in [0.2, 0.25) is 5.91 Å². The van der Waals surface area contributed by atoms with E-state index in [1.54, 1.807) is 19.1 Å². The zero-order valence-corrected chi connectivity index (χ0v) is 14.0. The molecular formula is C19H20N2O3. The average molecular weight is 324 g/mol. The molecule has 3 rings (SSSR count). The predicted octanol–water partition coefficient (Wildman–Crippen LogP) is 3.06. The number of hydrogen-bond donors (Lipinski definition) is 1. The summed E-state index contributed by atoms with van der Waals surface area (Å²) in [7, 11) is 0. The van der Waals surface area contributed by atoms with E-state index in [0.29, 0.717) is 11.4 Å². The molecule has 2 aromatic carbocycles. The van der Waals surface area contributed by atoms with Gasteiger partial charge in [0.05, 0.1) is 5.69 Å². The van der Waals surface area contributed by atoms with Crippen LogP contribution < -0.4 is 15.0 Å². The number of benzene rings is 2. The highest BCUT2D eigenvalue weighted by atomic mass is 16.5. The fourth-order valence-electron chi connectivity index (χ4n) is 2.81. The van der Waals surface area contributed by atoms with Crippen LogP contribution in [0.5, 0.6) is 5.75 Å². The Hall–Kier alpha value is -2.82. The van der Waals surface area contributed by atoms with Crippen molar-refractivity contribution in [2.75, 3.05) is 16.8 Å². The summed E-state index contributed by atoms with van der Waals surface area (Å²) in [4.78, 5) is 26.3. The number of anilines is 2. The fraction of sp³-hybridized carbons (Fsp3) is 0.263. The van der Waals surface area contributed by atoms with Gasteiger partial charge in [-0.1, -0.05) is 29.8 Å². The molecule has 24 heavy (non-hydrogen) atoms. The lowest BCUT2D eigenvalue weighted by Crippen LogP contribution is -2.47. The summed E-state index contributed by atoms with van der Waals surface area (Å²) in [5.74, 6) is 0.160. The van der Waals surface area contributed by atoms with E-state index in [9.17, 15) is 9.59 Å². The van der Waals surface area contributed by atoms with E-state index < -0.39 is 6.10 Å². The van der Waals surface area contributed by atoms with Crippen molar-refractivity contribution >= 4 is 23.2 Å². The molecule has 0 aromatic heterocycles. The Labute approximate surface area is 141 Å². The zero-order chi connectivity index (χ0) is 17.3. The van der Waals surface area contributed by atoms with Gasteiger partial charge in [-0.3, -0.25) is 14.5 Å². The molecule has 1 aliphatic heterocycles. The number of amides is 2. The van der Waals surface area contributed by atoms with Crippen LogP contribution in [0.15, 0.2) is 42.5 Å². The van der Waals surface area contributed by atoms with Crippen molar-refractivity contribution in [1.29, 1.82) is 0 Å². The van der Waals surface area contributed by atoms with Crippen LogP contribution in [-0.2, 0) is 9.59 Å². The molecule has 2 amide bonds. The van der Waals surface area contributed by atoms with E-state index in [1.807, 2.05) is 44.2 Å². The van der Waals surface area contributed by atoms with Crippen LogP contribution in [0.2, 0.25) is 0 Å². The lowest BCUT2D eigenvalue weighted by Gasteiger charge is -2.32. The number of nitrogens with one attached hydrogen (secondary N) is 1. The first-order valence-electron chi connectivity index (χ1n) is 7.90. The minimum Gasteiger partial charge on any atom is -0.479 e. The van der Waals surface area contributed by atoms with Crippen LogP contribution in [0.3, 0.4) is 0 Å². The van der Waals surface area contributed by atoms with Gasteiger partial charge in [-0.2, -0.15) is 0 Å². The highest BCUT2D eigenvalue weighted by Gasteiger charge is 2.32. The molecule has 0 radical (unpaired) electrons. The predicted molar refractivity (Wildman–Crippen MR) is 93.4 cm³/mol. The first-order chi connectivity index (χ1) is 11.5. The number of ether oxygens (including phenoxy) is 1. The molecule has 0 bridgehead atoms. The molecule has 0 aliphatic carbocycles. The zero-order valence-electron chi connectivity index (χ0n) is 14.0. The molecule has 1 unspecified atom stereocenters. The Kier molecular flexibility index (Phi) is 4.25. The van der Waals surface area contributed by atoms with Gasteiger partial charge in [0.25, 0.3) is 5.91 Å². The van der Waals surface area contributed by atoms with Gasteiger partial charge < -0.3 is 10.1 Å². The third-order valence-corrected chi connectivity index (χ3v) is 4.03. The normalized spacial score (nSPS) is 16.4. The molecule has 0 fully saturated rings.